The van der Waals surface area contributed by atoms with Gasteiger partial charge in [-0.2, -0.15) is 4.99 Å². The van der Waals surface area contributed by atoms with Gasteiger partial charge in [-0.25, -0.2) is 8.78 Å². The van der Waals surface area contributed by atoms with E-state index in [1.165, 1.54) is 4.57 Å². The molecule has 0 unspecified atom stereocenters. The van der Waals surface area contributed by atoms with Crippen molar-refractivity contribution in [2.75, 3.05) is 6.61 Å². The van der Waals surface area contributed by atoms with Gasteiger partial charge in [-0.3, -0.25) is 9.59 Å². The van der Waals surface area contributed by atoms with Crippen molar-refractivity contribution in [3.8, 4) is 0 Å². The normalized spacial score (nSPS) is 11.8. The lowest BCUT2D eigenvalue weighted by Crippen LogP contribution is -2.23. The lowest BCUT2D eigenvalue weighted by Gasteiger charge is -2.05. The molecule has 1 amide bonds. The number of amides is 1. The summed E-state index contributed by atoms with van der Waals surface area (Å²) in [4.78, 5) is 28.2. The third-order valence-corrected chi connectivity index (χ3v) is 4.89. The van der Waals surface area contributed by atoms with Gasteiger partial charge in [0.15, 0.2) is 4.80 Å². The molecular formula is C18H13ClF2N2O3S. The minimum atomic E-state index is -1.08. The van der Waals surface area contributed by atoms with Crippen molar-refractivity contribution in [3.05, 3.63) is 63.4 Å². The predicted molar refractivity (Wildman–Crippen MR) is 97.7 cm³/mol. The fourth-order valence-corrected chi connectivity index (χ4v) is 3.77. The number of thiazole rings is 1. The molecule has 0 aliphatic rings. The van der Waals surface area contributed by atoms with Crippen molar-refractivity contribution >= 4 is 45.0 Å². The minimum absolute atomic E-state index is 0.105. The minimum Gasteiger partial charge on any atom is -0.465 e. The fourth-order valence-electron chi connectivity index (χ4n) is 2.47. The SMILES string of the molecule is CCOC(=O)Cn1c(=NC(=O)c2c(F)cccc2F)sc2cc(Cl)ccc21. The van der Waals surface area contributed by atoms with E-state index in [2.05, 4.69) is 4.99 Å². The Balaban J connectivity index is 2.16. The highest BCUT2D eigenvalue weighted by atomic mass is 35.5. The number of fused-ring (bicyclic) bond motifs is 1. The van der Waals surface area contributed by atoms with Gasteiger partial charge in [0.25, 0.3) is 5.91 Å². The average Bonchev–Trinajstić information content (AvgIpc) is 2.91. The molecular weight excluding hydrogens is 398 g/mol. The fraction of sp³-hybridized carbons (Fsp3) is 0.167. The van der Waals surface area contributed by atoms with Crippen molar-refractivity contribution in [3.63, 3.8) is 0 Å². The lowest BCUT2D eigenvalue weighted by molar-refractivity contribution is -0.143. The number of esters is 1. The largest absolute Gasteiger partial charge is 0.465 e. The van der Waals surface area contributed by atoms with Crippen LogP contribution in [0.2, 0.25) is 5.02 Å². The van der Waals surface area contributed by atoms with Gasteiger partial charge in [-0.1, -0.05) is 29.0 Å². The predicted octanol–water partition coefficient (Wildman–Crippen LogP) is 3.94. The van der Waals surface area contributed by atoms with Gasteiger partial charge in [0.2, 0.25) is 0 Å². The maximum absolute atomic E-state index is 13.9. The maximum Gasteiger partial charge on any atom is 0.326 e. The average molecular weight is 411 g/mol. The quantitative estimate of drug-likeness (QED) is 0.612. The first-order chi connectivity index (χ1) is 12.9. The summed E-state index contributed by atoms with van der Waals surface area (Å²) >= 11 is 7.06. The Bertz CT molecular complexity index is 1090. The summed E-state index contributed by atoms with van der Waals surface area (Å²) in [6.07, 6.45) is 0. The molecule has 9 heteroatoms. The molecule has 1 aromatic heterocycles. The summed E-state index contributed by atoms with van der Waals surface area (Å²) in [7, 11) is 0. The van der Waals surface area contributed by atoms with Gasteiger partial charge in [0, 0.05) is 5.02 Å². The van der Waals surface area contributed by atoms with Crippen molar-refractivity contribution in [1.29, 1.82) is 0 Å². The number of halogens is 3. The van der Waals surface area contributed by atoms with Crippen molar-refractivity contribution < 1.29 is 23.1 Å². The molecule has 0 aliphatic carbocycles. The zero-order valence-electron chi connectivity index (χ0n) is 14.0. The highest BCUT2D eigenvalue weighted by molar-refractivity contribution is 7.16. The van der Waals surface area contributed by atoms with Crippen molar-refractivity contribution in [1.82, 2.24) is 4.57 Å². The molecule has 0 N–H and O–H groups in total. The van der Waals surface area contributed by atoms with Crippen LogP contribution in [0, 0.1) is 11.6 Å². The van der Waals surface area contributed by atoms with Gasteiger partial charge < -0.3 is 9.30 Å². The third-order valence-electron chi connectivity index (χ3n) is 3.61. The number of benzene rings is 2. The molecule has 3 aromatic rings. The summed E-state index contributed by atoms with van der Waals surface area (Å²) in [5.41, 5.74) is -0.159. The van der Waals surface area contributed by atoms with Crippen LogP contribution < -0.4 is 4.80 Å². The van der Waals surface area contributed by atoms with E-state index >= 15 is 0 Å². The maximum atomic E-state index is 13.9. The molecule has 27 heavy (non-hydrogen) atoms. The second-order valence-electron chi connectivity index (χ2n) is 5.40. The lowest BCUT2D eigenvalue weighted by atomic mass is 10.2. The standard InChI is InChI=1S/C18H13ClF2N2O3S/c1-2-26-15(24)9-23-13-7-6-10(19)8-14(13)27-18(23)22-17(25)16-11(20)4-3-5-12(16)21/h3-8H,2,9H2,1H3. The van der Waals surface area contributed by atoms with E-state index in [4.69, 9.17) is 16.3 Å². The first-order valence-corrected chi connectivity index (χ1v) is 9.07. The first-order valence-electron chi connectivity index (χ1n) is 7.88. The summed E-state index contributed by atoms with van der Waals surface area (Å²) in [5, 5.41) is 0.463. The van der Waals surface area contributed by atoms with Crippen LogP contribution in [-0.4, -0.2) is 23.1 Å². The van der Waals surface area contributed by atoms with E-state index in [1.807, 2.05) is 0 Å². The Hall–Kier alpha value is -2.58. The van der Waals surface area contributed by atoms with Gasteiger partial charge >= 0.3 is 5.97 Å². The number of carbonyl (C=O) groups excluding carboxylic acids is 2. The second-order valence-corrected chi connectivity index (χ2v) is 6.85. The zero-order chi connectivity index (χ0) is 19.6. The first kappa shape index (κ1) is 19.2. The third kappa shape index (κ3) is 4.06. The molecule has 0 bridgehead atoms. The zero-order valence-corrected chi connectivity index (χ0v) is 15.6. The van der Waals surface area contributed by atoms with E-state index < -0.39 is 29.1 Å². The molecule has 0 radical (unpaired) electrons. The van der Waals surface area contributed by atoms with Crippen LogP contribution in [0.1, 0.15) is 17.3 Å². The topological polar surface area (TPSA) is 60.7 Å². The number of carbonyl (C=O) groups is 2. The Kier molecular flexibility index (Phi) is 5.67. The molecule has 0 atom stereocenters. The molecule has 1 heterocycles. The Morgan fingerprint density at radius 3 is 2.59 bits per heavy atom. The summed E-state index contributed by atoms with van der Waals surface area (Å²) in [6.45, 7) is 1.66. The second kappa shape index (κ2) is 7.98. The summed E-state index contributed by atoms with van der Waals surface area (Å²) in [5.74, 6) is -3.63. The Morgan fingerprint density at radius 1 is 1.22 bits per heavy atom. The highest BCUT2D eigenvalue weighted by Gasteiger charge is 2.18. The molecule has 0 fully saturated rings. The molecule has 5 nitrogen and oxygen atoms in total. The van der Waals surface area contributed by atoms with E-state index in [0.29, 0.717) is 15.2 Å². The van der Waals surface area contributed by atoms with Crippen LogP contribution in [0.25, 0.3) is 10.2 Å². The van der Waals surface area contributed by atoms with Crippen molar-refractivity contribution in [2.45, 2.75) is 13.5 Å². The highest BCUT2D eigenvalue weighted by Crippen LogP contribution is 2.22. The molecule has 0 saturated carbocycles. The smallest absolute Gasteiger partial charge is 0.326 e. The van der Waals surface area contributed by atoms with E-state index in [9.17, 15) is 18.4 Å². The van der Waals surface area contributed by atoms with Crippen LogP contribution in [0.5, 0.6) is 0 Å². The molecule has 2 aromatic carbocycles. The number of aromatic nitrogens is 1. The van der Waals surface area contributed by atoms with Gasteiger partial charge in [-0.05, 0) is 37.3 Å². The van der Waals surface area contributed by atoms with Crippen LogP contribution in [0.4, 0.5) is 8.78 Å². The van der Waals surface area contributed by atoms with E-state index in [1.54, 1.807) is 25.1 Å². The molecule has 0 spiro atoms. The summed E-state index contributed by atoms with van der Waals surface area (Å²) < 4.78 is 34.8. The van der Waals surface area contributed by atoms with Gasteiger partial charge in [0.05, 0.1) is 16.8 Å². The molecule has 0 saturated heterocycles. The van der Waals surface area contributed by atoms with Gasteiger partial charge in [-0.15, -0.1) is 0 Å². The number of hydrogen-bond donors (Lipinski definition) is 0. The van der Waals surface area contributed by atoms with Gasteiger partial charge in [0.1, 0.15) is 23.7 Å². The van der Waals surface area contributed by atoms with Crippen LogP contribution in [0.15, 0.2) is 41.4 Å². The summed E-state index contributed by atoms with van der Waals surface area (Å²) in [6, 6.07) is 8.05. The number of rotatable bonds is 4. The monoisotopic (exact) mass is 410 g/mol. The number of ether oxygens (including phenoxy) is 1. The van der Waals surface area contributed by atoms with E-state index in [0.717, 1.165) is 29.5 Å². The molecule has 0 aliphatic heterocycles. The molecule has 140 valence electrons. The van der Waals surface area contributed by atoms with Crippen LogP contribution in [0.3, 0.4) is 0 Å². The van der Waals surface area contributed by atoms with Crippen LogP contribution >= 0.6 is 22.9 Å². The number of hydrogen-bond acceptors (Lipinski definition) is 4. The Labute approximate surface area is 161 Å². The Morgan fingerprint density at radius 2 is 1.93 bits per heavy atom. The number of nitrogens with zero attached hydrogens (tertiary/aromatic N) is 2. The van der Waals surface area contributed by atoms with E-state index in [-0.39, 0.29) is 18.0 Å². The van der Waals surface area contributed by atoms with Crippen LogP contribution in [-0.2, 0) is 16.1 Å². The van der Waals surface area contributed by atoms with Crippen molar-refractivity contribution in [2.24, 2.45) is 4.99 Å². The molecule has 3 rings (SSSR count).